The molecule has 1 amide bonds. The number of carbonyl (C=O) groups excluding carboxylic acids is 1. The molecule has 8 heteroatoms. The number of rotatable bonds is 9. The van der Waals surface area contributed by atoms with Crippen LogP contribution in [0.2, 0.25) is 5.02 Å². The van der Waals surface area contributed by atoms with Crippen LogP contribution in [-0.4, -0.2) is 53.3 Å². The van der Waals surface area contributed by atoms with Crippen LogP contribution in [0.3, 0.4) is 0 Å². The normalized spacial score (nSPS) is 20.2. The van der Waals surface area contributed by atoms with Crippen LogP contribution in [0.5, 0.6) is 0 Å². The molecule has 2 aromatic rings. The zero-order valence-electron chi connectivity index (χ0n) is 17.9. The molecule has 2 aliphatic rings. The number of benzene rings is 1. The smallest absolute Gasteiger partial charge is 0.241 e. The molecule has 1 aliphatic heterocycles. The summed E-state index contributed by atoms with van der Waals surface area (Å²) in [7, 11) is 0. The van der Waals surface area contributed by atoms with E-state index in [1.807, 2.05) is 24.3 Å². The van der Waals surface area contributed by atoms with Crippen molar-refractivity contribution in [1.29, 1.82) is 0 Å². The Morgan fingerprint density at radius 2 is 2.13 bits per heavy atom. The summed E-state index contributed by atoms with van der Waals surface area (Å²) in [5.74, 6) is 1.22. The van der Waals surface area contributed by atoms with E-state index < -0.39 is 0 Å². The molecule has 0 spiro atoms. The second kappa shape index (κ2) is 11.1. The zero-order chi connectivity index (χ0) is 21.5. The summed E-state index contributed by atoms with van der Waals surface area (Å²) < 4.78 is 11.3. The van der Waals surface area contributed by atoms with E-state index in [9.17, 15) is 4.79 Å². The van der Waals surface area contributed by atoms with Crippen LogP contribution in [0.1, 0.15) is 50.8 Å². The van der Waals surface area contributed by atoms with E-state index in [1.54, 1.807) is 0 Å². The number of carbonyl (C=O) groups is 1. The van der Waals surface area contributed by atoms with E-state index in [1.165, 1.54) is 25.7 Å². The third-order valence-electron chi connectivity index (χ3n) is 6.06. The molecule has 4 rings (SSSR count). The summed E-state index contributed by atoms with van der Waals surface area (Å²) in [5, 5.41) is 7.79. The van der Waals surface area contributed by atoms with Gasteiger partial charge in [0.25, 0.3) is 0 Å². The standard InChI is InChI=1S/C23H31ClN4O3/c24-19-8-3-6-17(14-19)22-26-21(31-27-22)16-28-12-4-7-18(15-28)23(29)25-11-5-13-30-20-9-1-2-10-20/h3,6,8,14,18,20H,1-2,4-5,7,9-13,15-16H2,(H,25,29). The molecule has 168 valence electrons. The van der Waals surface area contributed by atoms with Crippen molar-refractivity contribution in [2.45, 2.75) is 57.6 Å². The van der Waals surface area contributed by atoms with Crippen molar-refractivity contribution in [3.05, 3.63) is 35.2 Å². The number of aromatic nitrogens is 2. The second-order valence-corrected chi connectivity index (χ2v) is 8.95. The van der Waals surface area contributed by atoms with Gasteiger partial charge in [-0.2, -0.15) is 4.98 Å². The van der Waals surface area contributed by atoms with E-state index in [0.717, 1.165) is 38.0 Å². The number of halogens is 1. The highest BCUT2D eigenvalue weighted by Crippen LogP contribution is 2.23. The lowest BCUT2D eigenvalue weighted by atomic mass is 9.97. The fraction of sp³-hybridized carbons (Fsp3) is 0.609. The first-order chi connectivity index (χ1) is 15.2. The summed E-state index contributed by atoms with van der Waals surface area (Å²) in [4.78, 5) is 19.3. The van der Waals surface area contributed by atoms with Gasteiger partial charge in [-0.15, -0.1) is 0 Å². The quantitative estimate of drug-likeness (QED) is 0.585. The largest absolute Gasteiger partial charge is 0.378 e. The lowest BCUT2D eigenvalue weighted by molar-refractivity contribution is -0.126. The third kappa shape index (κ3) is 6.51. The van der Waals surface area contributed by atoms with Crippen molar-refractivity contribution in [2.24, 2.45) is 5.92 Å². The fourth-order valence-corrected chi connectivity index (χ4v) is 4.59. The number of amides is 1. The van der Waals surface area contributed by atoms with E-state index >= 15 is 0 Å². The van der Waals surface area contributed by atoms with Crippen LogP contribution in [-0.2, 0) is 16.1 Å². The summed E-state index contributed by atoms with van der Waals surface area (Å²) in [6.45, 7) is 3.59. The monoisotopic (exact) mass is 446 g/mol. The maximum atomic E-state index is 12.6. The Morgan fingerprint density at radius 1 is 1.26 bits per heavy atom. The van der Waals surface area contributed by atoms with Gasteiger partial charge in [-0.25, -0.2) is 0 Å². The second-order valence-electron chi connectivity index (χ2n) is 8.52. The molecule has 1 N–H and O–H groups in total. The molecule has 1 saturated carbocycles. The minimum Gasteiger partial charge on any atom is -0.378 e. The van der Waals surface area contributed by atoms with Crippen molar-refractivity contribution in [3.8, 4) is 11.4 Å². The van der Waals surface area contributed by atoms with Crippen LogP contribution in [0.25, 0.3) is 11.4 Å². The fourth-order valence-electron chi connectivity index (χ4n) is 4.40. The van der Waals surface area contributed by atoms with Crippen LogP contribution >= 0.6 is 11.6 Å². The average molecular weight is 447 g/mol. The maximum absolute atomic E-state index is 12.6. The molecular formula is C23H31ClN4O3. The molecule has 1 unspecified atom stereocenters. The number of nitrogens with zero attached hydrogens (tertiary/aromatic N) is 3. The molecule has 31 heavy (non-hydrogen) atoms. The summed E-state index contributed by atoms with van der Waals surface area (Å²) in [5.41, 5.74) is 0.829. The summed E-state index contributed by atoms with van der Waals surface area (Å²) in [6.07, 6.45) is 8.14. The molecule has 0 bridgehead atoms. The van der Waals surface area contributed by atoms with Crippen LogP contribution in [0.4, 0.5) is 0 Å². The van der Waals surface area contributed by atoms with Gasteiger partial charge < -0.3 is 14.6 Å². The van der Waals surface area contributed by atoms with E-state index in [0.29, 0.717) is 42.5 Å². The minimum atomic E-state index is -0.000165. The predicted molar refractivity (Wildman–Crippen MR) is 119 cm³/mol. The molecule has 7 nitrogen and oxygen atoms in total. The Balaban J connectivity index is 1.20. The van der Waals surface area contributed by atoms with Gasteiger partial charge in [0.1, 0.15) is 0 Å². The van der Waals surface area contributed by atoms with Crippen molar-refractivity contribution in [3.63, 3.8) is 0 Å². The Labute approximate surface area is 188 Å². The van der Waals surface area contributed by atoms with Gasteiger partial charge in [0, 0.05) is 30.3 Å². The Kier molecular flexibility index (Phi) is 7.94. The lowest BCUT2D eigenvalue weighted by Crippen LogP contribution is -2.43. The lowest BCUT2D eigenvalue weighted by Gasteiger charge is -2.30. The van der Waals surface area contributed by atoms with Gasteiger partial charge in [-0.3, -0.25) is 9.69 Å². The number of hydrogen-bond acceptors (Lipinski definition) is 6. The topological polar surface area (TPSA) is 80.5 Å². The number of hydrogen-bond donors (Lipinski definition) is 1. The Bertz CT molecular complexity index is 853. The van der Waals surface area contributed by atoms with Crippen LogP contribution in [0.15, 0.2) is 28.8 Å². The Hall–Kier alpha value is -1.96. The highest BCUT2D eigenvalue weighted by Gasteiger charge is 2.26. The van der Waals surface area contributed by atoms with Crippen molar-refractivity contribution >= 4 is 17.5 Å². The SMILES string of the molecule is O=C(NCCCOC1CCCC1)C1CCCN(Cc2nc(-c3cccc(Cl)c3)no2)C1. The molecule has 1 atom stereocenters. The van der Waals surface area contributed by atoms with Gasteiger partial charge in [-0.05, 0) is 50.8 Å². The van der Waals surface area contributed by atoms with Crippen molar-refractivity contribution in [1.82, 2.24) is 20.4 Å². The number of likely N-dealkylation sites (tertiary alicyclic amines) is 1. The molecular weight excluding hydrogens is 416 g/mol. The van der Waals surface area contributed by atoms with Crippen molar-refractivity contribution in [2.75, 3.05) is 26.2 Å². The maximum Gasteiger partial charge on any atom is 0.241 e. The van der Waals surface area contributed by atoms with E-state index in [2.05, 4.69) is 20.4 Å². The van der Waals surface area contributed by atoms with Crippen LogP contribution < -0.4 is 5.32 Å². The Morgan fingerprint density at radius 3 is 2.97 bits per heavy atom. The van der Waals surface area contributed by atoms with E-state index in [4.69, 9.17) is 20.9 Å². The first-order valence-corrected chi connectivity index (χ1v) is 11.8. The van der Waals surface area contributed by atoms with Gasteiger partial charge in [0.2, 0.25) is 17.6 Å². The molecule has 1 aromatic heterocycles. The average Bonchev–Trinajstić information content (AvgIpc) is 3.46. The number of ether oxygens (including phenoxy) is 1. The van der Waals surface area contributed by atoms with Gasteiger partial charge in [-0.1, -0.05) is 41.7 Å². The van der Waals surface area contributed by atoms with Gasteiger partial charge in [0.05, 0.1) is 18.6 Å². The molecule has 2 heterocycles. The molecule has 2 fully saturated rings. The molecule has 0 radical (unpaired) electrons. The van der Waals surface area contributed by atoms with Gasteiger partial charge >= 0.3 is 0 Å². The zero-order valence-corrected chi connectivity index (χ0v) is 18.6. The first kappa shape index (κ1) is 22.2. The first-order valence-electron chi connectivity index (χ1n) is 11.4. The third-order valence-corrected chi connectivity index (χ3v) is 6.30. The van der Waals surface area contributed by atoms with Gasteiger partial charge in [0.15, 0.2) is 0 Å². The summed E-state index contributed by atoms with van der Waals surface area (Å²) in [6, 6.07) is 7.40. The van der Waals surface area contributed by atoms with Crippen molar-refractivity contribution < 1.29 is 14.1 Å². The predicted octanol–water partition coefficient (Wildman–Crippen LogP) is 4.07. The van der Waals surface area contributed by atoms with E-state index in [-0.39, 0.29) is 11.8 Å². The number of piperidine rings is 1. The molecule has 1 saturated heterocycles. The van der Waals surface area contributed by atoms with Crippen LogP contribution in [0, 0.1) is 5.92 Å². The number of nitrogens with one attached hydrogen (secondary N) is 1. The molecule has 1 aromatic carbocycles. The summed E-state index contributed by atoms with van der Waals surface area (Å²) >= 11 is 6.05. The molecule has 1 aliphatic carbocycles. The highest BCUT2D eigenvalue weighted by atomic mass is 35.5. The minimum absolute atomic E-state index is 0.000165. The highest BCUT2D eigenvalue weighted by molar-refractivity contribution is 6.30.